The standard InChI is InChI=1S/C25H25N3O2S/c1-14-8-7-11-19(15(14)2)27-24(29)21-16(3)26-25(31)28-23(21)22-18-10-6-5-9-17(18)12-13-20(22)30-4/h5-13,23H,1-4H3,(H,27,29)(H2,26,28,31)/t23-/m0/s1. The molecule has 1 atom stereocenters. The van der Waals surface area contributed by atoms with Crippen molar-refractivity contribution in [1.29, 1.82) is 0 Å². The lowest BCUT2D eigenvalue weighted by Crippen LogP contribution is -2.46. The Labute approximate surface area is 187 Å². The summed E-state index contributed by atoms with van der Waals surface area (Å²) in [7, 11) is 1.64. The highest BCUT2D eigenvalue weighted by molar-refractivity contribution is 7.80. The number of benzene rings is 3. The summed E-state index contributed by atoms with van der Waals surface area (Å²) >= 11 is 5.44. The number of anilines is 1. The topological polar surface area (TPSA) is 62.4 Å². The van der Waals surface area contributed by atoms with E-state index >= 15 is 0 Å². The molecule has 0 fully saturated rings. The molecule has 3 N–H and O–H groups in total. The van der Waals surface area contributed by atoms with Crippen molar-refractivity contribution in [2.75, 3.05) is 12.4 Å². The summed E-state index contributed by atoms with van der Waals surface area (Å²) in [5.41, 5.74) is 5.13. The summed E-state index contributed by atoms with van der Waals surface area (Å²) in [5, 5.41) is 12.0. The number of nitrogens with one attached hydrogen (secondary N) is 3. The molecule has 0 unspecified atom stereocenters. The van der Waals surface area contributed by atoms with Gasteiger partial charge in [-0.15, -0.1) is 0 Å². The Morgan fingerprint density at radius 2 is 1.81 bits per heavy atom. The van der Waals surface area contributed by atoms with Crippen molar-refractivity contribution in [2.24, 2.45) is 0 Å². The molecule has 0 radical (unpaired) electrons. The molecule has 0 bridgehead atoms. The molecule has 3 aromatic rings. The molecule has 1 heterocycles. The van der Waals surface area contributed by atoms with Gasteiger partial charge in [-0.25, -0.2) is 0 Å². The molecule has 0 spiro atoms. The van der Waals surface area contributed by atoms with E-state index in [0.29, 0.717) is 22.1 Å². The molecule has 6 heteroatoms. The van der Waals surface area contributed by atoms with E-state index in [4.69, 9.17) is 17.0 Å². The first-order chi connectivity index (χ1) is 14.9. The van der Waals surface area contributed by atoms with Crippen LogP contribution in [-0.4, -0.2) is 18.1 Å². The normalized spacial score (nSPS) is 16.0. The molecule has 0 aromatic heterocycles. The van der Waals surface area contributed by atoms with Crippen LogP contribution in [0.3, 0.4) is 0 Å². The summed E-state index contributed by atoms with van der Waals surface area (Å²) in [6.45, 7) is 5.90. The van der Waals surface area contributed by atoms with E-state index in [1.165, 1.54) is 0 Å². The highest BCUT2D eigenvalue weighted by atomic mass is 32.1. The molecule has 31 heavy (non-hydrogen) atoms. The third-order valence-electron chi connectivity index (χ3n) is 5.81. The van der Waals surface area contributed by atoms with Crippen LogP contribution >= 0.6 is 12.2 Å². The minimum atomic E-state index is -0.458. The van der Waals surface area contributed by atoms with Crippen molar-refractivity contribution in [2.45, 2.75) is 26.8 Å². The minimum absolute atomic E-state index is 0.186. The number of amides is 1. The van der Waals surface area contributed by atoms with Gasteiger partial charge in [-0.3, -0.25) is 4.79 Å². The molecule has 5 nitrogen and oxygen atoms in total. The van der Waals surface area contributed by atoms with Gasteiger partial charge in [-0.1, -0.05) is 42.5 Å². The molecular weight excluding hydrogens is 406 g/mol. The molecular formula is C25H25N3O2S. The van der Waals surface area contributed by atoms with Gasteiger partial charge in [0.1, 0.15) is 5.75 Å². The van der Waals surface area contributed by atoms with Gasteiger partial charge >= 0.3 is 0 Å². The van der Waals surface area contributed by atoms with Gasteiger partial charge in [0.05, 0.1) is 18.7 Å². The number of thiocarbonyl (C=S) groups is 1. The van der Waals surface area contributed by atoms with Crippen LogP contribution in [-0.2, 0) is 4.79 Å². The van der Waals surface area contributed by atoms with Crippen LogP contribution in [0.4, 0.5) is 5.69 Å². The fourth-order valence-electron chi connectivity index (χ4n) is 4.04. The largest absolute Gasteiger partial charge is 0.496 e. The second-order valence-corrected chi connectivity index (χ2v) is 8.08. The molecule has 1 amide bonds. The molecule has 4 rings (SSSR count). The molecule has 0 aliphatic carbocycles. The Morgan fingerprint density at radius 1 is 1.03 bits per heavy atom. The molecule has 158 valence electrons. The number of rotatable bonds is 4. The number of ether oxygens (including phenoxy) is 1. The average Bonchev–Trinajstić information content (AvgIpc) is 2.75. The van der Waals surface area contributed by atoms with Crippen LogP contribution in [0.1, 0.15) is 29.7 Å². The maximum Gasteiger partial charge on any atom is 0.255 e. The fourth-order valence-corrected chi connectivity index (χ4v) is 4.31. The summed E-state index contributed by atoms with van der Waals surface area (Å²) in [4.78, 5) is 13.5. The second kappa shape index (κ2) is 8.40. The van der Waals surface area contributed by atoms with Crippen LogP contribution < -0.4 is 20.7 Å². The number of hydrogen-bond acceptors (Lipinski definition) is 3. The fraction of sp³-hybridized carbons (Fsp3) is 0.200. The van der Waals surface area contributed by atoms with E-state index in [-0.39, 0.29) is 5.91 Å². The Balaban J connectivity index is 1.85. The minimum Gasteiger partial charge on any atom is -0.496 e. The molecule has 1 aliphatic heterocycles. The number of methoxy groups -OCH3 is 1. The van der Waals surface area contributed by atoms with E-state index in [9.17, 15) is 4.79 Å². The van der Waals surface area contributed by atoms with Crippen molar-refractivity contribution in [1.82, 2.24) is 10.6 Å². The first kappa shape index (κ1) is 20.9. The quantitative estimate of drug-likeness (QED) is 0.513. The van der Waals surface area contributed by atoms with E-state index in [0.717, 1.165) is 33.2 Å². The van der Waals surface area contributed by atoms with Crippen molar-refractivity contribution >= 4 is 39.7 Å². The predicted octanol–water partition coefficient (Wildman–Crippen LogP) is 4.90. The van der Waals surface area contributed by atoms with Gasteiger partial charge < -0.3 is 20.7 Å². The molecule has 3 aromatic carbocycles. The Morgan fingerprint density at radius 3 is 2.58 bits per heavy atom. The summed E-state index contributed by atoms with van der Waals surface area (Å²) in [6.07, 6.45) is 0. The number of allylic oxidation sites excluding steroid dienone is 1. The maximum absolute atomic E-state index is 13.5. The SMILES string of the molecule is COc1ccc2ccccc2c1[C@H]1NC(=S)NC(C)=C1C(=O)Nc1cccc(C)c1C. The zero-order chi connectivity index (χ0) is 22.1. The third-order valence-corrected chi connectivity index (χ3v) is 6.03. The van der Waals surface area contributed by atoms with E-state index in [1.54, 1.807) is 7.11 Å². The van der Waals surface area contributed by atoms with Gasteiger partial charge in [0.15, 0.2) is 5.11 Å². The van der Waals surface area contributed by atoms with Crippen LogP contribution in [0.15, 0.2) is 65.9 Å². The van der Waals surface area contributed by atoms with Gasteiger partial charge in [0.2, 0.25) is 0 Å². The number of fused-ring (bicyclic) bond motifs is 1. The Hall–Kier alpha value is -3.38. The monoisotopic (exact) mass is 431 g/mol. The highest BCUT2D eigenvalue weighted by Crippen LogP contribution is 2.38. The van der Waals surface area contributed by atoms with E-state index in [1.807, 2.05) is 75.4 Å². The van der Waals surface area contributed by atoms with Gasteiger partial charge in [-0.05, 0) is 67.0 Å². The number of hydrogen-bond donors (Lipinski definition) is 3. The summed E-state index contributed by atoms with van der Waals surface area (Å²) < 4.78 is 5.70. The number of carbonyl (C=O) groups is 1. The van der Waals surface area contributed by atoms with Crippen molar-refractivity contribution < 1.29 is 9.53 Å². The maximum atomic E-state index is 13.5. The molecule has 0 saturated carbocycles. The van der Waals surface area contributed by atoms with Crippen molar-refractivity contribution in [3.05, 3.63) is 82.6 Å². The van der Waals surface area contributed by atoms with E-state index in [2.05, 4.69) is 16.0 Å². The van der Waals surface area contributed by atoms with Crippen LogP contribution in [0.5, 0.6) is 5.75 Å². The Kier molecular flexibility index (Phi) is 5.65. The lowest BCUT2D eigenvalue weighted by atomic mass is 9.90. The van der Waals surface area contributed by atoms with Gasteiger partial charge in [0, 0.05) is 16.9 Å². The zero-order valence-corrected chi connectivity index (χ0v) is 18.8. The van der Waals surface area contributed by atoms with Crippen LogP contribution in [0.25, 0.3) is 10.8 Å². The lowest BCUT2D eigenvalue weighted by Gasteiger charge is -2.32. The smallest absolute Gasteiger partial charge is 0.255 e. The first-order valence-electron chi connectivity index (χ1n) is 10.1. The second-order valence-electron chi connectivity index (χ2n) is 7.67. The van der Waals surface area contributed by atoms with Gasteiger partial charge in [-0.2, -0.15) is 0 Å². The first-order valence-corrected chi connectivity index (χ1v) is 10.5. The molecule has 1 aliphatic rings. The van der Waals surface area contributed by atoms with Gasteiger partial charge in [0.25, 0.3) is 5.91 Å². The summed E-state index contributed by atoms with van der Waals surface area (Å²) in [5.74, 6) is 0.513. The lowest BCUT2D eigenvalue weighted by molar-refractivity contribution is -0.113. The summed E-state index contributed by atoms with van der Waals surface area (Å²) in [6, 6.07) is 17.4. The predicted molar refractivity (Wildman–Crippen MR) is 129 cm³/mol. The number of carbonyl (C=O) groups excluding carboxylic acids is 1. The number of aryl methyl sites for hydroxylation is 1. The zero-order valence-electron chi connectivity index (χ0n) is 18.0. The average molecular weight is 432 g/mol. The van der Waals surface area contributed by atoms with Crippen molar-refractivity contribution in [3.8, 4) is 5.75 Å². The Bertz CT molecular complexity index is 1230. The highest BCUT2D eigenvalue weighted by Gasteiger charge is 2.33. The van der Waals surface area contributed by atoms with E-state index < -0.39 is 6.04 Å². The third kappa shape index (κ3) is 3.86. The molecule has 0 saturated heterocycles. The van der Waals surface area contributed by atoms with Crippen LogP contribution in [0, 0.1) is 13.8 Å². The van der Waals surface area contributed by atoms with Crippen LogP contribution in [0.2, 0.25) is 0 Å². The van der Waals surface area contributed by atoms with Crippen molar-refractivity contribution in [3.63, 3.8) is 0 Å².